The Balaban J connectivity index is 1.52. The summed E-state index contributed by atoms with van der Waals surface area (Å²) in [6.07, 6.45) is 5.03. The minimum absolute atomic E-state index is 0.00413. The van der Waals surface area contributed by atoms with Crippen LogP contribution in [0.2, 0.25) is 5.02 Å². The molecule has 2 saturated heterocycles. The molecule has 0 unspecified atom stereocenters. The fraction of sp³-hybridized carbons (Fsp3) is 0.429. The summed E-state index contributed by atoms with van der Waals surface area (Å²) in [4.78, 5) is 48.5. The molecule has 1 aromatic carbocycles. The van der Waals surface area contributed by atoms with E-state index in [0.29, 0.717) is 29.1 Å². The van der Waals surface area contributed by atoms with E-state index >= 15 is 0 Å². The lowest BCUT2D eigenvalue weighted by Crippen LogP contribution is -2.56. The van der Waals surface area contributed by atoms with Crippen LogP contribution in [0.5, 0.6) is 0 Å². The van der Waals surface area contributed by atoms with Gasteiger partial charge in [0.05, 0.1) is 0 Å². The number of benzene rings is 1. The van der Waals surface area contributed by atoms with Crippen molar-refractivity contribution in [1.29, 1.82) is 0 Å². The summed E-state index contributed by atoms with van der Waals surface area (Å²) in [6, 6.07) is 10.7. The molecule has 2 amide bonds. The van der Waals surface area contributed by atoms with Crippen molar-refractivity contribution in [2.24, 2.45) is 5.41 Å². The van der Waals surface area contributed by atoms with Gasteiger partial charge in [-0.25, -0.2) is 4.98 Å². The first-order valence-corrected chi connectivity index (χ1v) is 13.2. The maximum Gasteiger partial charge on any atom is 0.265 e. The number of nitrogens with zero attached hydrogens (tertiary/aromatic N) is 4. The smallest absolute Gasteiger partial charge is 0.265 e. The van der Waals surface area contributed by atoms with Gasteiger partial charge in [0.1, 0.15) is 17.8 Å². The van der Waals surface area contributed by atoms with Crippen LogP contribution in [-0.2, 0) is 17.9 Å². The molecule has 0 aliphatic carbocycles. The van der Waals surface area contributed by atoms with Crippen molar-refractivity contribution >= 4 is 40.1 Å². The minimum atomic E-state index is -0.516. The van der Waals surface area contributed by atoms with Crippen molar-refractivity contribution in [2.75, 3.05) is 31.1 Å². The second-order valence-electron chi connectivity index (χ2n) is 10.8. The van der Waals surface area contributed by atoms with Crippen molar-refractivity contribution in [3.05, 3.63) is 69.1 Å². The quantitative estimate of drug-likeness (QED) is 0.532. The fourth-order valence-electron chi connectivity index (χ4n) is 5.25. The number of pyridine rings is 2. The molecule has 37 heavy (non-hydrogen) atoms. The number of nitrogens with one attached hydrogen (secondary N) is 1. The van der Waals surface area contributed by atoms with Gasteiger partial charge in [0.15, 0.2) is 0 Å². The molecule has 2 aliphatic rings. The van der Waals surface area contributed by atoms with Gasteiger partial charge < -0.3 is 15.1 Å². The largest absolute Gasteiger partial charge is 0.371 e. The molecule has 2 aromatic heterocycles. The molecular formula is C28H32ClN5O3. The van der Waals surface area contributed by atoms with E-state index in [2.05, 4.69) is 29.0 Å². The van der Waals surface area contributed by atoms with Gasteiger partial charge in [0.25, 0.3) is 11.5 Å². The number of carbonyl (C=O) groups is 2. The molecule has 8 nitrogen and oxygen atoms in total. The number of piperidine rings is 1. The van der Waals surface area contributed by atoms with E-state index in [0.717, 1.165) is 37.2 Å². The average Bonchev–Trinajstić information content (AvgIpc) is 2.88. The highest BCUT2D eigenvalue weighted by molar-refractivity contribution is 6.30. The third-order valence-corrected chi connectivity index (χ3v) is 7.41. The first-order chi connectivity index (χ1) is 17.7. The third kappa shape index (κ3) is 5.34. The van der Waals surface area contributed by atoms with E-state index in [9.17, 15) is 14.4 Å². The lowest BCUT2D eigenvalue weighted by Gasteiger charge is -2.45. The maximum absolute atomic E-state index is 13.6. The molecule has 194 valence electrons. The molecule has 2 aliphatic heterocycles. The van der Waals surface area contributed by atoms with Crippen LogP contribution in [0.4, 0.5) is 5.69 Å². The SMILES string of the molecule is CC1(C)CN(C(=O)Cn2c(=O)c(C(=O)NCc3ccc(Cl)cc3)cc3c(N4CCCCC4)ccnc32)C1. The number of halogens is 1. The van der Waals surface area contributed by atoms with E-state index < -0.39 is 11.5 Å². The molecule has 9 heteroatoms. The molecule has 5 rings (SSSR count). The van der Waals surface area contributed by atoms with Crippen LogP contribution < -0.4 is 15.8 Å². The number of carbonyl (C=O) groups excluding carboxylic acids is 2. The van der Waals surface area contributed by atoms with Crippen LogP contribution in [0.15, 0.2) is 47.4 Å². The minimum Gasteiger partial charge on any atom is -0.371 e. The van der Waals surface area contributed by atoms with E-state index in [1.807, 2.05) is 18.2 Å². The van der Waals surface area contributed by atoms with Gasteiger partial charge >= 0.3 is 0 Å². The van der Waals surface area contributed by atoms with Gasteiger partial charge in [-0.1, -0.05) is 37.6 Å². The van der Waals surface area contributed by atoms with Gasteiger partial charge in [-0.3, -0.25) is 19.0 Å². The van der Waals surface area contributed by atoms with Crippen molar-refractivity contribution < 1.29 is 9.59 Å². The van der Waals surface area contributed by atoms with Crippen LogP contribution >= 0.6 is 11.6 Å². The predicted molar refractivity (Wildman–Crippen MR) is 145 cm³/mol. The molecule has 0 radical (unpaired) electrons. The van der Waals surface area contributed by atoms with Crippen LogP contribution in [-0.4, -0.2) is 52.4 Å². The summed E-state index contributed by atoms with van der Waals surface area (Å²) in [5, 5.41) is 4.17. The lowest BCUT2D eigenvalue weighted by atomic mass is 9.84. The van der Waals surface area contributed by atoms with Gasteiger partial charge in [0, 0.05) is 55.0 Å². The molecule has 0 bridgehead atoms. The Labute approximate surface area is 221 Å². The Morgan fingerprint density at radius 2 is 1.76 bits per heavy atom. The zero-order valence-corrected chi connectivity index (χ0v) is 22.1. The van der Waals surface area contributed by atoms with E-state index in [1.165, 1.54) is 11.0 Å². The fourth-order valence-corrected chi connectivity index (χ4v) is 5.38. The second kappa shape index (κ2) is 10.2. The summed E-state index contributed by atoms with van der Waals surface area (Å²) in [7, 11) is 0. The van der Waals surface area contributed by atoms with Crippen LogP contribution in [0.25, 0.3) is 11.0 Å². The van der Waals surface area contributed by atoms with Crippen LogP contribution in [0.1, 0.15) is 49.0 Å². The molecular weight excluding hydrogens is 490 g/mol. The molecule has 0 saturated carbocycles. The number of fused-ring (bicyclic) bond motifs is 1. The molecule has 0 atom stereocenters. The Morgan fingerprint density at radius 3 is 2.43 bits per heavy atom. The molecule has 1 N–H and O–H groups in total. The topological polar surface area (TPSA) is 87.5 Å². The number of aromatic nitrogens is 2. The molecule has 2 fully saturated rings. The summed E-state index contributed by atoms with van der Waals surface area (Å²) in [5.41, 5.74) is 1.79. The number of hydrogen-bond donors (Lipinski definition) is 1. The first kappa shape index (κ1) is 25.3. The zero-order chi connectivity index (χ0) is 26.2. The standard InChI is InChI=1S/C28H32ClN5O3/c1-28(2)17-33(18-28)24(35)16-34-25-21(23(10-11-30-25)32-12-4-3-5-13-32)14-22(27(34)37)26(36)31-15-19-6-8-20(29)9-7-19/h6-11,14H,3-5,12-13,15-18H2,1-2H3,(H,31,36). The average molecular weight is 522 g/mol. The zero-order valence-electron chi connectivity index (χ0n) is 21.3. The number of amides is 2. The molecule has 4 heterocycles. The Kier molecular flexibility index (Phi) is 6.94. The highest BCUT2D eigenvalue weighted by Crippen LogP contribution is 2.30. The monoisotopic (exact) mass is 521 g/mol. The van der Waals surface area contributed by atoms with Crippen molar-refractivity contribution in [2.45, 2.75) is 46.2 Å². The van der Waals surface area contributed by atoms with E-state index in [1.54, 1.807) is 29.3 Å². The Bertz CT molecular complexity index is 1390. The summed E-state index contributed by atoms with van der Waals surface area (Å²) >= 11 is 5.96. The highest BCUT2D eigenvalue weighted by Gasteiger charge is 2.37. The maximum atomic E-state index is 13.6. The van der Waals surface area contributed by atoms with Crippen LogP contribution in [0, 0.1) is 5.41 Å². The van der Waals surface area contributed by atoms with Gasteiger partial charge in [-0.2, -0.15) is 0 Å². The highest BCUT2D eigenvalue weighted by atomic mass is 35.5. The van der Waals surface area contributed by atoms with Crippen molar-refractivity contribution in [3.8, 4) is 0 Å². The van der Waals surface area contributed by atoms with Crippen molar-refractivity contribution in [3.63, 3.8) is 0 Å². The summed E-state index contributed by atoms with van der Waals surface area (Å²) < 4.78 is 1.37. The van der Waals surface area contributed by atoms with Gasteiger partial charge in [0.2, 0.25) is 5.91 Å². The Hall–Kier alpha value is -3.39. The third-order valence-electron chi connectivity index (χ3n) is 7.16. The van der Waals surface area contributed by atoms with Crippen molar-refractivity contribution in [1.82, 2.24) is 19.8 Å². The van der Waals surface area contributed by atoms with Crippen LogP contribution in [0.3, 0.4) is 0 Å². The predicted octanol–water partition coefficient (Wildman–Crippen LogP) is 3.84. The van der Waals surface area contributed by atoms with E-state index in [4.69, 9.17) is 11.6 Å². The summed E-state index contributed by atoms with van der Waals surface area (Å²) in [6.45, 7) is 7.41. The second-order valence-corrected chi connectivity index (χ2v) is 11.2. The Morgan fingerprint density at radius 1 is 1.05 bits per heavy atom. The summed E-state index contributed by atoms with van der Waals surface area (Å²) in [5.74, 6) is -0.631. The van der Waals surface area contributed by atoms with Gasteiger partial charge in [-0.15, -0.1) is 0 Å². The number of hydrogen-bond acceptors (Lipinski definition) is 5. The number of likely N-dealkylation sites (tertiary alicyclic amines) is 1. The first-order valence-electron chi connectivity index (χ1n) is 12.8. The lowest BCUT2D eigenvalue weighted by molar-refractivity contribution is -0.142. The molecule has 0 spiro atoms. The van der Waals surface area contributed by atoms with Gasteiger partial charge in [-0.05, 0) is 54.5 Å². The number of rotatable bonds is 6. The number of anilines is 1. The van der Waals surface area contributed by atoms with E-state index in [-0.39, 0.29) is 30.0 Å². The molecule has 3 aromatic rings. The normalized spacial score (nSPS) is 16.9.